The van der Waals surface area contributed by atoms with E-state index in [0.29, 0.717) is 43.0 Å². The van der Waals surface area contributed by atoms with E-state index in [9.17, 15) is 4.79 Å². The zero-order valence-corrected chi connectivity index (χ0v) is 12.2. The lowest BCUT2D eigenvalue weighted by atomic mass is 10.3. The van der Waals surface area contributed by atoms with Crippen LogP contribution in [0.3, 0.4) is 0 Å². The minimum Gasteiger partial charge on any atom is -0.491 e. The summed E-state index contributed by atoms with van der Waals surface area (Å²) in [6, 6.07) is 5.11. The highest BCUT2D eigenvalue weighted by Crippen LogP contribution is 2.35. The SMILES string of the molecule is C=CC(=O)Oc1ccc(OCCOC)cc1OCC1CC1. The number of hydrogen-bond acceptors (Lipinski definition) is 5. The monoisotopic (exact) mass is 292 g/mol. The van der Waals surface area contributed by atoms with Crippen LogP contribution in [-0.2, 0) is 9.53 Å². The summed E-state index contributed by atoms with van der Waals surface area (Å²) in [6.07, 6.45) is 3.49. The molecule has 0 saturated heterocycles. The second-order valence-corrected chi connectivity index (χ2v) is 4.83. The van der Waals surface area contributed by atoms with Crippen LogP contribution in [0, 0.1) is 5.92 Å². The molecule has 0 unspecified atom stereocenters. The van der Waals surface area contributed by atoms with Crippen LogP contribution in [0.1, 0.15) is 12.8 Å². The minimum absolute atomic E-state index is 0.375. The number of benzene rings is 1. The predicted octanol–water partition coefficient (Wildman–Crippen LogP) is 2.59. The lowest BCUT2D eigenvalue weighted by Crippen LogP contribution is -2.08. The first-order valence-electron chi connectivity index (χ1n) is 6.95. The summed E-state index contributed by atoms with van der Waals surface area (Å²) in [7, 11) is 1.62. The maximum Gasteiger partial charge on any atom is 0.335 e. The van der Waals surface area contributed by atoms with Crippen molar-refractivity contribution in [1.29, 1.82) is 0 Å². The Balaban J connectivity index is 2.05. The lowest BCUT2D eigenvalue weighted by molar-refractivity contribution is -0.129. The lowest BCUT2D eigenvalue weighted by Gasteiger charge is -2.13. The highest BCUT2D eigenvalue weighted by atomic mass is 16.6. The Labute approximate surface area is 124 Å². The summed E-state index contributed by atoms with van der Waals surface area (Å²) in [5.74, 6) is 1.62. The van der Waals surface area contributed by atoms with Crippen LogP contribution < -0.4 is 14.2 Å². The molecule has 1 aromatic carbocycles. The van der Waals surface area contributed by atoms with Crippen molar-refractivity contribution in [2.45, 2.75) is 12.8 Å². The first kappa shape index (κ1) is 15.4. The Bertz CT molecular complexity index is 493. The van der Waals surface area contributed by atoms with Crippen LogP contribution in [0.2, 0.25) is 0 Å². The van der Waals surface area contributed by atoms with E-state index in [1.54, 1.807) is 25.3 Å². The van der Waals surface area contributed by atoms with Gasteiger partial charge in [-0.15, -0.1) is 0 Å². The molecule has 0 heterocycles. The third-order valence-corrected chi connectivity index (χ3v) is 3.02. The van der Waals surface area contributed by atoms with Gasteiger partial charge in [-0.1, -0.05) is 6.58 Å². The molecule has 1 fully saturated rings. The van der Waals surface area contributed by atoms with Crippen molar-refractivity contribution in [1.82, 2.24) is 0 Å². The van der Waals surface area contributed by atoms with E-state index >= 15 is 0 Å². The van der Waals surface area contributed by atoms with Crippen LogP contribution in [0.5, 0.6) is 17.2 Å². The molecule has 1 aromatic rings. The molecule has 0 atom stereocenters. The summed E-state index contributed by atoms with van der Waals surface area (Å²) in [5, 5.41) is 0. The summed E-state index contributed by atoms with van der Waals surface area (Å²) in [6.45, 7) is 4.96. The van der Waals surface area contributed by atoms with Gasteiger partial charge in [-0.2, -0.15) is 0 Å². The molecule has 0 aromatic heterocycles. The van der Waals surface area contributed by atoms with Crippen molar-refractivity contribution in [3.8, 4) is 17.2 Å². The normalized spacial score (nSPS) is 13.6. The highest BCUT2D eigenvalue weighted by molar-refractivity contribution is 5.83. The van der Waals surface area contributed by atoms with Crippen molar-refractivity contribution < 1.29 is 23.7 Å². The quantitative estimate of drug-likeness (QED) is 0.303. The zero-order valence-electron chi connectivity index (χ0n) is 12.2. The average Bonchev–Trinajstić information content (AvgIpc) is 3.31. The summed E-state index contributed by atoms with van der Waals surface area (Å²) in [4.78, 5) is 11.3. The van der Waals surface area contributed by atoms with E-state index in [-0.39, 0.29) is 0 Å². The van der Waals surface area contributed by atoms with E-state index in [2.05, 4.69) is 6.58 Å². The van der Waals surface area contributed by atoms with Gasteiger partial charge in [0.05, 0.1) is 13.2 Å². The first-order valence-corrected chi connectivity index (χ1v) is 6.95. The molecule has 5 heteroatoms. The molecule has 2 rings (SSSR count). The standard InChI is InChI=1S/C16H20O5/c1-3-16(17)21-14-7-6-13(19-9-8-18-2)10-15(14)20-11-12-4-5-12/h3,6-7,10,12H,1,4-5,8-9,11H2,2H3. The van der Waals surface area contributed by atoms with Crippen LogP contribution in [0.15, 0.2) is 30.9 Å². The van der Waals surface area contributed by atoms with Gasteiger partial charge in [-0.3, -0.25) is 0 Å². The maximum absolute atomic E-state index is 11.3. The molecule has 114 valence electrons. The van der Waals surface area contributed by atoms with Crippen molar-refractivity contribution in [3.05, 3.63) is 30.9 Å². The largest absolute Gasteiger partial charge is 0.491 e. The van der Waals surface area contributed by atoms with Gasteiger partial charge in [-0.05, 0) is 30.9 Å². The third kappa shape index (κ3) is 5.11. The van der Waals surface area contributed by atoms with Gasteiger partial charge in [0.25, 0.3) is 0 Å². The van der Waals surface area contributed by atoms with Gasteiger partial charge in [-0.25, -0.2) is 4.79 Å². The van der Waals surface area contributed by atoms with Crippen molar-refractivity contribution >= 4 is 5.97 Å². The second-order valence-electron chi connectivity index (χ2n) is 4.83. The number of methoxy groups -OCH3 is 1. The molecular formula is C16H20O5. The van der Waals surface area contributed by atoms with Crippen LogP contribution in [0.4, 0.5) is 0 Å². The highest BCUT2D eigenvalue weighted by Gasteiger charge is 2.23. The molecule has 0 amide bonds. The summed E-state index contributed by atoms with van der Waals surface area (Å²) < 4.78 is 21.4. The Morgan fingerprint density at radius 2 is 2.10 bits per heavy atom. The molecular weight excluding hydrogens is 272 g/mol. The minimum atomic E-state index is -0.515. The number of carbonyl (C=O) groups is 1. The fourth-order valence-electron chi connectivity index (χ4n) is 1.66. The predicted molar refractivity (Wildman–Crippen MR) is 77.9 cm³/mol. The van der Waals surface area contributed by atoms with E-state index in [1.165, 1.54) is 12.8 Å². The molecule has 1 aliphatic carbocycles. The molecule has 0 radical (unpaired) electrons. The van der Waals surface area contributed by atoms with Gasteiger partial charge >= 0.3 is 5.97 Å². The Morgan fingerprint density at radius 3 is 2.76 bits per heavy atom. The van der Waals surface area contributed by atoms with Gasteiger partial charge in [0, 0.05) is 19.3 Å². The van der Waals surface area contributed by atoms with Crippen LogP contribution in [-0.4, -0.2) is 32.9 Å². The number of ether oxygens (including phenoxy) is 4. The number of hydrogen-bond donors (Lipinski definition) is 0. The Morgan fingerprint density at radius 1 is 1.29 bits per heavy atom. The average molecular weight is 292 g/mol. The molecule has 0 N–H and O–H groups in total. The van der Waals surface area contributed by atoms with Crippen LogP contribution in [0.25, 0.3) is 0 Å². The number of esters is 1. The first-order chi connectivity index (χ1) is 10.2. The molecule has 0 bridgehead atoms. The third-order valence-electron chi connectivity index (χ3n) is 3.02. The Hall–Kier alpha value is -2.01. The van der Waals surface area contributed by atoms with E-state index in [4.69, 9.17) is 18.9 Å². The molecule has 21 heavy (non-hydrogen) atoms. The van der Waals surface area contributed by atoms with Crippen molar-refractivity contribution in [3.63, 3.8) is 0 Å². The van der Waals surface area contributed by atoms with Crippen LogP contribution >= 0.6 is 0 Å². The second kappa shape index (κ2) is 7.69. The molecule has 1 aliphatic rings. The van der Waals surface area contributed by atoms with Gasteiger partial charge < -0.3 is 18.9 Å². The molecule has 5 nitrogen and oxygen atoms in total. The van der Waals surface area contributed by atoms with Gasteiger partial charge in [0.1, 0.15) is 12.4 Å². The van der Waals surface area contributed by atoms with Gasteiger partial charge in [0.2, 0.25) is 0 Å². The van der Waals surface area contributed by atoms with Crippen molar-refractivity contribution in [2.75, 3.05) is 26.9 Å². The van der Waals surface area contributed by atoms with Gasteiger partial charge in [0.15, 0.2) is 11.5 Å². The van der Waals surface area contributed by atoms with E-state index in [1.807, 2.05) is 0 Å². The molecule has 1 saturated carbocycles. The summed E-state index contributed by atoms with van der Waals surface area (Å²) in [5.41, 5.74) is 0. The smallest absolute Gasteiger partial charge is 0.335 e. The maximum atomic E-state index is 11.3. The van der Waals surface area contributed by atoms with E-state index in [0.717, 1.165) is 6.08 Å². The summed E-state index contributed by atoms with van der Waals surface area (Å²) >= 11 is 0. The molecule has 0 aliphatic heterocycles. The zero-order chi connectivity index (χ0) is 15.1. The van der Waals surface area contributed by atoms with E-state index < -0.39 is 5.97 Å². The fraction of sp³-hybridized carbons (Fsp3) is 0.438. The number of carbonyl (C=O) groups excluding carboxylic acids is 1. The number of rotatable bonds is 9. The molecule has 0 spiro atoms. The Kier molecular flexibility index (Phi) is 5.63. The van der Waals surface area contributed by atoms with Crippen molar-refractivity contribution in [2.24, 2.45) is 5.92 Å². The topological polar surface area (TPSA) is 54.0 Å². The fourth-order valence-corrected chi connectivity index (χ4v) is 1.66.